The summed E-state index contributed by atoms with van der Waals surface area (Å²) < 4.78 is 11.8. The van der Waals surface area contributed by atoms with Gasteiger partial charge in [-0.3, -0.25) is 5.32 Å². The zero-order valence-electron chi connectivity index (χ0n) is 10.5. The van der Waals surface area contributed by atoms with Crippen LogP contribution in [0.15, 0.2) is 51.4 Å². The first kappa shape index (κ1) is 14.9. The van der Waals surface area contributed by atoms with E-state index in [1.807, 2.05) is 6.07 Å². The minimum absolute atomic E-state index is 0.477. The first-order chi connectivity index (χ1) is 9.60. The Morgan fingerprint density at radius 3 is 2.45 bits per heavy atom. The van der Waals surface area contributed by atoms with Crippen LogP contribution in [0.2, 0.25) is 0 Å². The van der Waals surface area contributed by atoms with Gasteiger partial charge in [-0.25, -0.2) is 4.79 Å². The largest absolute Gasteiger partial charge is 0.495 e. The summed E-state index contributed by atoms with van der Waals surface area (Å²) in [4.78, 5) is 11.8. The smallest absolute Gasteiger partial charge is 0.417 e. The van der Waals surface area contributed by atoms with Crippen molar-refractivity contribution in [2.24, 2.45) is 0 Å². The zero-order chi connectivity index (χ0) is 14.5. The first-order valence-corrected chi connectivity index (χ1v) is 7.25. The second-order valence-electron chi connectivity index (χ2n) is 3.79. The molecule has 20 heavy (non-hydrogen) atoms. The number of rotatable bonds is 3. The fourth-order valence-electron chi connectivity index (χ4n) is 1.51. The Balaban J connectivity index is 2.12. The standard InChI is InChI=1S/C14H11Br2NO3/c1-19-13-8-12(10(15)7-11(13)16)17-14(18)20-9-5-3-2-4-6-9/h2-8H,1H3,(H,17,18). The Morgan fingerprint density at radius 2 is 1.80 bits per heavy atom. The molecular weight excluding hydrogens is 390 g/mol. The zero-order valence-corrected chi connectivity index (χ0v) is 13.7. The number of carbonyl (C=O) groups is 1. The van der Waals surface area contributed by atoms with E-state index < -0.39 is 6.09 Å². The summed E-state index contributed by atoms with van der Waals surface area (Å²) in [6, 6.07) is 12.3. The average Bonchev–Trinajstić information content (AvgIpc) is 2.43. The van der Waals surface area contributed by atoms with Crippen molar-refractivity contribution in [1.29, 1.82) is 0 Å². The van der Waals surface area contributed by atoms with Crippen molar-refractivity contribution >= 4 is 43.6 Å². The third kappa shape index (κ3) is 3.74. The number of amides is 1. The van der Waals surface area contributed by atoms with E-state index in [4.69, 9.17) is 9.47 Å². The number of hydrogen-bond donors (Lipinski definition) is 1. The van der Waals surface area contributed by atoms with Crippen LogP contribution < -0.4 is 14.8 Å². The summed E-state index contributed by atoms with van der Waals surface area (Å²) in [5, 5.41) is 2.65. The number of anilines is 1. The van der Waals surface area contributed by atoms with Crippen molar-refractivity contribution in [3.8, 4) is 11.5 Å². The fraction of sp³-hybridized carbons (Fsp3) is 0.0714. The summed E-state index contributed by atoms with van der Waals surface area (Å²) in [7, 11) is 1.56. The molecule has 0 atom stereocenters. The van der Waals surface area contributed by atoms with E-state index >= 15 is 0 Å². The molecule has 0 aliphatic carbocycles. The molecule has 0 bridgehead atoms. The van der Waals surface area contributed by atoms with Crippen LogP contribution in [-0.4, -0.2) is 13.2 Å². The van der Waals surface area contributed by atoms with Crippen LogP contribution in [0.1, 0.15) is 0 Å². The first-order valence-electron chi connectivity index (χ1n) is 5.67. The average molecular weight is 401 g/mol. The van der Waals surface area contributed by atoms with Crippen molar-refractivity contribution in [2.75, 3.05) is 12.4 Å². The number of ether oxygens (including phenoxy) is 2. The van der Waals surface area contributed by atoms with Gasteiger partial charge in [0, 0.05) is 10.5 Å². The third-order valence-corrected chi connectivity index (χ3v) is 3.71. The lowest BCUT2D eigenvalue weighted by Crippen LogP contribution is -2.17. The highest BCUT2D eigenvalue weighted by Crippen LogP contribution is 2.34. The molecule has 1 N–H and O–H groups in total. The SMILES string of the molecule is COc1cc(NC(=O)Oc2ccccc2)c(Br)cc1Br. The second kappa shape index (κ2) is 6.76. The molecule has 2 rings (SSSR count). The molecule has 2 aromatic rings. The van der Waals surface area contributed by atoms with Gasteiger partial charge in [-0.05, 0) is 50.1 Å². The summed E-state index contributed by atoms with van der Waals surface area (Å²) >= 11 is 6.73. The number of benzene rings is 2. The molecule has 2 aromatic carbocycles. The van der Waals surface area contributed by atoms with Gasteiger partial charge in [-0.2, -0.15) is 0 Å². The third-order valence-electron chi connectivity index (χ3n) is 2.43. The minimum atomic E-state index is -0.568. The number of para-hydroxylation sites is 1. The van der Waals surface area contributed by atoms with Crippen LogP contribution in [0, 0.1) is 0 Å². The molecule has 0 heterocycles. The second-order valence-corrected chi connectivity index (χ2v) is 5.50. The molecule has 0 spiro atoms. The minimum Gasteiger partial charge on any atom is -0.495 e. The van der Waals surface area contributed by atoms with E-state index in [0.29, 0.717) is 17.2 Å². The molecule has 4 nitrogen and oxygen atoms in total. The highest BCUT2D eigenvalue weighted by molar-refractivity contribution is 9.11. The van der Waals surface area contributed by atoms with Crippen molar-refractivity contribution < 1.29 is 14.3 Å². The maximum absolute atomic E-state index is 11.8. The molecule has 0 saturated carbocycles. The van der Waals surface area contributed by atoms with E-state index in [1.54, 1.807) is 43.5 Å². The van der Waals surface area contributed by atoms with E-state index in [9.17, 15) is 4.79 Å². The Labute approximate surface area is 133 Å². The van der Waals surface area contributed by atoms with Crippen LogP contribution in [0.3, 0.4) is 0 Å². The highest BCUT2D eigenvalue weighted by Gasteiger charge is 2.11. The van der Waals surface area contributed by atoms with Gasteiger partial charge < -0.3 is 9.47 Å². The highest BCUT2D eigenvalue weighted by atomic mass is 79.9. The summed E-state index contributed by atoms with van der Waals surface area (Å²) in [6.45, 7) is 0. The van der Waals surface area contributed by atoms with Crippen LogP contribution in [0.4, 0.5) is 10.5 Å². The fourth-order valence-corrected chi connectivity index (χ4v) is 2.77. The summed E-state index contributed by atoms with van der Waals surface area (Å²) in [6.07, 6.45) is -0.568. The molecule has 0 unspecified atom stereocenters. The van der Waals surface area contributed by atoms with Gasteiger partial charge in [0.15, 0.2) is 0 Å². The molecule has 1 amide bonds. The van der Waals surface area contributed by atoms with Crippen LogP contribution in [-0.2, 0) is 0 Å². The molecule has 0 radical (unpaired) electrons. The Hall–Kier alpha value is -1.53. The Kier molecular flexibility index (Phi) is 5.03. The lowest BCUT2D eigenvalue weighted by atomic mass is 10.3. The van der Waals surface area contributed by atoms with Crippen molar-refractivity contribution in [1.82, 2.24) is 0 Å². The van der Waals surface area contributed by atoms with E-state index in [-0.39, 0.29) is 0 Å². The van der Waals surface area contributed by atoms with Gasteiger partial charge in [0.2, 0.25) is 0 Å². The maximum atomic E-state index is 11.8. The van der Waals surface area contributed by atoms with Crippen molar-refractivity contribution in [3.63, 3.8) is 0 Å². The predicted molar refractivity (Wildman–Crippen MR) is 84.5 cm³/mol. The molecule has 6 heteroatoms. The lowest BCUT2D eigenvalue weighted by Gasteiger charge is -2.11. The molecule has 0 saturated heterocycles. The van der Waals surface area contributed by atoms with E-state index in [2.05, 4.69) is 37.2 Å². The van der Waals surface area contributed by atoms with Gasteiger partial charge in [0.1, 0.15) is 11.5 Å². The van der Waals surface area contributed by atoms with Gasteiger partial charge >= 0.3 is 6.09 Å². The summed E-state index contributed by atoms with van der Waals surface area (Å²) in [5.74, 6) is 1.09. The Morgan fingerprint density at radius 1 is 1.10 bits per heavy atom. The van der Waals surface area contributed by atoms with Crippen molar-refractivity contribution in [3.05, 3.63) is 51.4 Å². The molecule has 0 aliphatic heterocycles. The number of nitrogens with one attached hydrogen (secondary N) is 1. The predicted octanol–water partition coefficient (Wildman–Crippen LogP) is 4.83. The van der Waals surface area contributed by atoms with Gasteiger partial charge in [0.05, 0.1) is 17.3 Å². The van der Waals surface area contributed by atoms with Gasteiger partial charge in [-0.1, -0.05) is 18.2 Å². The van der Waals surface area contributed by atoms with Gasteiger partial charge in [0.25, 0.3) is 0 Å². The van der Waals surface area contributed by atoms with Gasteiger partial charge in [-0.15, -0.1) is 0 Å². The topological polar surface area (TPSA) is 47.6 Å². The van der Waals surface area contributed by atoms with E-state index in [1.165, 1.54) is 0 Å². The number of carbonyl (C=O) groups excluding carboxylic acids is 1. The number of halogens is 2. The quantitative estimate of drug-likeness (QED) is 0.802. The van der Waals surface area contributed by atoms with Crippen LogP contribution in [0.5, 0.6) is 11.5 Å². The normalized spacial score (nSPS) is 9.95. The Bertz CT molecular complexity index is 617. The molecule has 104 valence electrons. The molecule has 0 aliphatic rings. The molecular formula is C14H11Br2NO3. The van der Waals surface area contributed by atoms with Crippen molar-refractivity contribution in [2.45, 2.75) is 0 Å². The maximum Gasteiger partial charge on any atom is 0.417 e. The lowest BCUT2D eigenvalue weighted by molar-refractivity contribution is 0.215. The van der Waals surface area contributed by atoms with E-state index in [0.717, 1.165) is 8.95 Å². The summed E-state index contributed by atoms with van der Waals surface area (Å²) in [5.41, 5.74) is 0.561. The van der Waals surface area contributed by atoms with Crippen LogP contribution >= 0.6 is 31.9 Å². The monoisotopic (exact) mass is 399 g/mol. The molecule has 0 fully saturated rings. The number of hydrogen-bond acceptors (Lipinski definition) is 3. The van der Waals surface area contributed by atoms with Crippen LogP contribution in [0.25, 0.3) is 0 Å². The molecule has 0 aromatic heterocycles. The number of methoxy groups -OCH3 is 1.